The van der Waals surface area contributed by atoms with Crippen molar-refractivity contribution in [2.45, 2.75) is 18.9 Å². The number of hydrogen-bond acceptors (Lipinski definition) is 2. The third-order valence-electron chi connectivity index (χ3n) is 2.76. The highest BCUT2D eigenvalue weighted by Crippen LogP contribution is 2.22. The maximum atomic E-state index is 12.1. The molecule has 1 saturated heterocycles. The zero-order chi connectivity index (χ0) is 12.5. The van der Waals surface area contributed by atoms with Gasteiger partial charge in [-0.25, -0.2) is 0 Å². The monoisotopic (exact) mass is 317 g/mol. The highest BCUT2D eigenvalue weighted by Gasteiger charge is 2.31. The Hall–Kier alpha value is -0.580. The molecule has 0 spiro atoms. The molecule has 1 heterocycles. The zero-order valence-corrected chi connectivity index (χ0v) is 11.8. The summed E-state index contributed by atoms with van der Waals surface area (Å²) in [5, 5.41) is 3.52. The van der Waals surface area contributed by atoms with Crippen LogP contribution >= 0.6 is 27.5 Å². The number of halogens is 2. The van der Waals surface area contributed by atoms with Gasteiger partial charge in [0.1, 0.15) is 0 Å². The second-order valence-corrected chi connectivity index (χ2v) is 5.83. The highest BCUT2D eigenvalue weighted by molar-refractivity contribution is 9.10. The molecule has 1 aliphatic heterocycles. The van der Waals surface area contributed by atoms with Crippen LogP contribution in [0.1, 0.15) is 23.7 Å². The van der Waals surface area contributed by atoms with E-state index in [4.69, 9.17) is 16.3 Å². The molecule has 1 N–H and O–H groups in total. The molecule has 1 unspecified atom stereocenters. The first-order chi connectivity index (χ1) is 7.98. The number of rotatable bonds is 2. The Bertz CT molecular complexity index is 424. The van der Waals surface area contributed by atoms with Crippen molar-refractivity contribution >= 4 is 33.4 Å². The summed E-state index contributed by atoms with van der Waals surface area (Å²) in [6, 6.07) is 5.15. The molecule has 1 fully saturated rings. The Morgan fingerprint density at radius 1 is 1.53 bits per heavy atom. The number of nitrogens with one attached hydrogen (secondary N) is 1. The van der Waals surface area contributed by atoms with E-state index < -0.39 is 0 Å². The van der Waals surface area contributed by atoms with Crippen LogP contribution < -0.4 is 5.32 Å². The van der Waals surface area contributed by atoms with E-state index in [1.54, 1.807) is 18.2 Å². The number of hydrogen-bond donors (Lipinski definition) is 1. The second-order valence-electron chi connectivity index (χ2n) is 4.48. The zero-order valence-electron chi connectivity index (χ0n) is 9.43. The van der Waals surface area contributed by atoms with E-state index in [-0.39, 0.29) is 11.4 Å². The van der Waals surface area contributed by atoms with Crippen molar-refractivity contribution in [1.29, 1.82) is 0 Å². The lowest BCUT2D eigenvalue weighted by molar-refractivity contribution is 0.0890. The first-order valence-electron chi connectivity index (χ1n) is 5.35. The topological polar surface area (TPSA) is 38.3 Å². The largest absolute Gasteiger partial charge is 0.379 e. The van der Waals surface area contributed by atoms with Crippen LogP contribution in [0.25, 0.3) is 0 Å². The van der Waals surface area contributed by atoms with Crippen molar-refractivity contribution in [2.75, 3.05) is 13.2 Å². The molecular formula is C12H13BrClNO2. The molecule has 1 aromatic carbocycles. The van der Waals surface area contributed by atoms with Gasteiger partial charge < -0.3 is 10.1 Å². The summed E-state index contributed by atoms with van der Waals surface area (Å²) in [5.41, 5.74) is 0.281. The van der Waals surface area contributed by atoms with Gasteiger partial charge in [-0.05, 0) is 31.5 Å². The highest BCUT2D eigenvalue weighted by atomic mass is 79.9. The van der Waals surface area contributed by atoms with E-state index in [1.165, 1.54) is 0 Å². The molecule has 1 atom stereocenters. The van der Waals surface area contributed by atoms with E-state index in [0.29, 0.717) is 23.8 Å². The fraction of sp³-hybridized carbons (Fsp3) is 0.417. The Morgan fingerprint density at radius 3 is 2.88 bits per heavy atom. The third kappa shape index (κ3) is 3.21. The van der Waals surface area contributed by atoms with Crippen molar-refractivity contribution < 1.29 is 9.53 Å². The van der Waals surface area contributed by atoms with Gasteiger partial charge in [0.15, 0.2) is 0 Å². The van der Waals surface area contributed by atoms with Gasteiger partial charge in [-0.15, -0.1) is 0 Å². The maximum Gasteiger partial charge on any atom is 0.251 e. The quantitative estimate of drug-likeness (QED) is 0.910. The fourth-order valence-electron chi connectivity index (χ4n) is 1.80. The minimum Gasteiger partial charge on any atom is -0.379 e. The minimum absolute atomic E-state index is 0.124. The Balaban J connectivity index is 2.14. The van der Waals surface area contributed by atoms with Gasteiger partial charge in [0, 0.05) is 21.7 Å². The van der Waals surface area contributed by atoms with Crippen molar-refractivity contribution in [1.82, 2.24) is 5.32 Å². The van der Waals surface area contributed by atoms with Gasteiger partial charge in [0.25, 0.3) is 5.91 Å². The number of benzene rings is 1. The van der Waals surface area contributed by atoms with Gasteiger partial charge >= 0.3 is 0 Å². The van der Waals surface area contributed by atoms with Crippen molar-refractivity contribution in [3.8, 4) is 0 Å². The van der Waals surface area contributed by atoms with Gasteiger partial charge in [-0.3, -0.25) is 4.79 Å². The standard InChI is InChI=1S/C12H13BrClNO2/c1-12(2-3-17-7-12)15-11(16)8-4-9(13)6-10(14)5-8/h4-6H,2-3,7H2,1H3,(H,15,16). The van der Waals surface area contributed by atoms with Gasteiger partial charge in [0.2, 0.25) is 0 Å². The molecular weight excluding hydrogens is 305 g/mol. The molecule has 1 aliphatic rings. The third-order valence-corrected chi connectivity index (χ3v) is 3.43. The van der Waals surface area contributed by atoms with Crippen molar-refractivity contribution in [2.24, 2.45) is 0 Å². The van der Waals surface area contributed by atoms with Crippen LogP contribution in [0.2, 0.25) is 5.02 Å². The summed E-state index contributed by atoms with van der Waals surface area (Å²) in [5.74, 6) is -0.124. The lowest BCUT2D eigenvalue weighted by atomic mass is 10.0. The summed E-state index contributed by atoms with van der Waals surface area (Å²) >= 11 is 9.23. The Kier molecular flexibility index (Phi) is 3.76. The fourth-order valence-corrected chi connectivity index (χ4v) is 2.66. The molecule has 5 heteroatoms. The molecule has 3 nitrogen and oxygen atoms in total. The van der Waals surface area contributed by atoms with Crippen LogP contribution in [0.15, 0.2) is 22.7 Å². The second kappa shape index (κ2) is 4.96. The smallest absolute Gasteiger partial charge is 0.251 e. The predicted molar refractivity (Wildman–Crippen MR) is 70.5 cm³/mol. The maximum absolute atomic E-state index is 12.1. The Labute approximate surface area is 114 Å². The first-order valence-corrected chi connectivity index (χ1v) is 6.52. The van der Waals surface area contributed by atoms with Crippen LogP contribution in [-0.2, 0) is 4.74 Å². The molecule has 1 aromatic rings. The van der Waals surface area contributed by atoms with Crippen LogP contribution in [0.3, 0.4) is 0 Å². The molecule has 1 amide bonds. The van der Waals surface area contributed by atoms with Gasteiger partial charge in [-0.1, -0.05) is 27.5 Å². The summed E-state index contributed by atoms with van der Waals surface area (Å²) in [4.78, 5) is 12.1. The van der Waals surface area contributed by atoms with Crippen LogP contribution in [0, 0.1) is 0 Å². The minimum atomic E-state index is -0.272. The van der Waals surface area contributed by atoms with E-state index in [0.717, 1.165) is 10.9 Å². The number of carbonyl (C=O) groups is 1. The average molecular weight is 319 g/mol. The molecule has 0 radical (unpaired) electrons. The van der Waals surface area contributed by atoms with Crippen LogP contribution in [0.5, 0.6) is 0 Å². The van der Waals surface area contributed by atoms with Crippen LogP contribution in [-0.4, -0.2) is 24.7 Å². The van der Waals surface area contributed by atoms with Crippen molar-refractivity contribution in [3.05, 3.63) is 33.3 Å². The predicted octanol–water partition coefficient (Wildman–Crippen LogP) is 3.01. The molecule has 17 heavy (non-hydrogen) atoms. The van der Waals surface area contributed by atoms with E-state index in [9.17, 15) is 4.79 Å². The van der Waals surface area contributed by atoms with E-state index in [2.05, 4.69) is 21.2 Å². The SMILES string of the molecule is CC1(NC(=O)c2cc(Cl)cc(Br)c2)CCOC1. The number of carbonyl (C=O) groups excluding carboxylic acids is 1. The summed E-state index contributed by atoms with van der Waals surface area (Å²) in [6.07, 6.45) is 0.834. The van der Waals surface area contributed by atoms with Crippen LogP contribution in [0.4, 0.5) is 0 Å². The van der Waals surface area contributed by atoms with Crippen molar-refractivity contribution in [3.63, 3.8) is 0 Å². The molecule has 2 rings (SSSR count). The molecule has 0 saturated carbocycles. The normalized spacial score (nSPS) is 23.7. The first kappa shape index (κ1) is 12.9. The molecule has 0 aliphatic carbocycles. The average Bonchev–Trinajstić information content (AvgIpc) is 2.63. The summed E-state index contributed by atoms with van der Waals surface area (Å²) < 4.78 is 6.09. The van der Waals surface area contributed by atoms with E-state index >= 15 is 0 Å². The lowest BCUT2D eigenvalue weighted by Crippen LogP contribution is -2.46. The summed E-state index contributed by atoms with van der Waals surface area (Å²) in [6.45, 7) is 3.23. The lowest BCUT2D eigenvalue weighted by Gasteiger charge is -2.23. The van der Waals surface area contributed by atoms with Gasteiger partial charge in [-0.2, -0.15) is 0 Å². The molecule has 0 bridgehead atoms. The Morgan fingerprint density at radius 2 is 2.29 bits per heavy atom. The number of ether oxygens (including phenoxy) is 1. The number of amides is 1. The molecule has 92 valence electrons. The molecule has 0 aromatic heterocycles. The summed E-state index contributed by atoms with van der Waals surface area (Å²) in [7, 11) is 0. The van der Waals surface area contributed by atoms with E-state index in [1.807, 2.05) is 6.92 Å². The van der Waals surface area contributed by atoms with Gasteiger partial charge in [0.05, 0.1) is 12.1 Å².